The lowest BCUT2D eigenvalue weighted by Crippen LogP contribution is -2.18. The molecule has 2 N–H and O–H groups in total. The molecule has 0 spiro atoms. The summed E-state index contributed by atoms with van der Waals surface area (Å²) in [5.74, 6) is 0.784. The summed E-state index contributed by atoms with van der Waals surface area (Å²) >= 11 is 6.24. The van der Waals surface area contributed by atoms with E-state index in [-0.39, 0.29) is 6.04 Å². The number of aromatic nitrogens is 3. The molecule has 0 saturated carbocycles. The first-order chi connectivity index (χ1) is 9.72. The quantitative estimate of drug-likeness (QED) is 0.770. The number of fused-ring (bicyclic) bond motifs is 1. The van der Waals surface area contributed by atoms with Crippen molar-refractivity contribution in [1.29, 1.82) is 0 Å². The Morgan fingerprint density at radius 1 is 1.30 bits per heavy atom. The maximum absolute atomic E-state index is 6.24. The largest absolute Gasteiger partial charge is 0.367 e. The van der Waals surface area contributed by atoms with E-state index in [1.54, 1.807) is 0 Å². The van der Waals surface area contributed by atoms with Crippen LogP contribution in [-0.2, 0) is 6.42 Å². The minimum Gasteiger partial charge on any atom is -0.367 e. The normalized spacial score (nSPS) is 12.5. The van der Waals surface area contributed by atoms with E-state index in [0.717, 1.165) is 23.3 Å². The van der Waals surface area contributed by atoms with Crippen molar-refractivity contribution in [2.45, 2.75) is 19.4 Å². The van der Waals surface area contributed by atoms with Crippen LogP contribution in [-0.4, -0.2) is 21.0 Å². The predicted molar refractivity (Wildman–Crippen MR) is 82.1 cm³/mol. The van der Waals surface area contributed by atoms with Crippen LogP contribution in [0.5, 0.6) is 0 Å². The van der Waals surface area contributed by atoms with E-state index in [0.29, 0.717) is 5.02 Å². The standard InChI is InChI=1S/C15H15ClN4/c1-10(8-11-2-5-17-6-3-11)19-14-9-13(16)12-4-7-18-15(12)20-14/h2-7,9-10H,8H2,1H3,(H2,18,19,20)/t10-/m1/s1. The maximum atomic E-state index is 6.24. The highest BCUT2D eigenvalue weighted by molar-refractivity contribution is 6.35. The Bertz CT molecular complexity index is 708. The second kappa shape index (κ2) is 5.51. The molecule has 4 nitrogen and oxygen atoms in total. The first kappa shape index (κ1) is 12.9. The van der Waals surface area contributed by atoms with Gasteiger partial charge in [-0.05, 0) is 43.2 Å². The molecular weight excluding hydrogens is 272 g/mol. The van der Waals surface area contributed by atoms with Gasteiger partial charge in [0.15, 0.2) is 0 Å². The van der Waals surface area contributed by atoms with Gasteiger partial charge in [0.2, 0.25) is 0 Å². The van der Waals surface area contributed by atoms with Crippen LogP contribution in [0.25, 0.3) is 11.0 Å². The molecule has 0 unspecified atom stereocenters. The lowest BCUT2D eigenvalue weighted by Gasteiger charge is -2.14. The van der Waals surface area contributed by atoms with Crippen LogP contribution in [0, 0.1) is 0 Å². The Morgan fingerprint density at radius 3 is 2.90 bits per heavy atom. The number of H-pyrrole nitrogens is 1. The van der Waals surface area contributed by atoms with Gasteiger partial charge >= 0.3 is 0 Å². The third-order valence-electron chi connectivity index (χ3n) is 3.16. The number of hydrogen-bond donors (Lipinski definition) is 2. The highest BCUT2D eigenvalue weighted by atomic mass is 35.5. The highest BCUT2D eigenvalue weighted by Crippen LogP contribution is 2.24. The van der Waals surface area contributed by atoms with E-state index >= 15 is 0 Å². The Morgan fingerprint density at radius 2 is 2.10 bits per heavy atom. The fourth-order valence-corrected chi connectivity index (χ4v) is 2.50. The van der Waals surface area contributed by atoms with Crippen molar-refractivity contribution in [2.24, 2.45) is 0 Å². The SMILES string of the molecule is C[C@H](Cc1ccncc1)Nc1cc(Cl)c2cc[nH]c2n1. The van der Waals surface area contributed by atoms with Gasteiger partial charge in [-0.25, -0.2) is 4.98 Å². The zero-order valence-corrected chi connectivity index (χ0v) is 11.9. The van der Waals surface area contributed by atoms with Gasteiger partial charge in [0.1, 0.15) is 11.5 Å². The molecule has 3 aromatic rings. The van der Waals surface area contributed by atoms with Crippen LogP contribution in [0.2, 0.25) is 5.02 Å². The number of anilines is 1. The lowest BCUT2D eigenvalue weighted by molar-refractivity contribution is 0.784. The number of halogens is 1. The molecule has 0 amide bonds. The van der Waals surface area contributed by atoms with Crippen LogP contribution in [0.15, 0.2) is 42.9 Å². The first-order valence-corrected chi connectivity index (χ1v) is 6.89. The van der Waals surface area contributed by atoms with Crippen LogP contribution in [0.3, 0.4) is 0 Å². The van der Waals surface area contributed by atoms with Crippen molar-refractivity contribution in [2.75, 3.05) is 5.32 Å². The molecule has 20 heavy (non-hydrogen) atoms. The minimum atomic E-state index is 0.258. The van der Waals surface area contributed by atoms with Gasteiger partial charge in [0.05, 0.1) is 5.02 Å². The van der Waals surface area contributed by atoms with E-state index in [2.05, 4.69) is 27.2 Å². The summed E-state index contributed by atoms with van der Waals surface area (Å²) in [4.78, 5) is 11.6. The number of aromatic amines is 1. The molecule has 0 fully saturated rings. The van der Waals surface area contributed by atoms with E-state index < -0.39 is 0 Å². The summed E-state index contributed by atoms with van der Waals surface area (Å²) in [6, 6.07) is 8.09. The van der Waals surface area contributed by atoms with Gasteiger partial charge in [-0.2, -0.15) is 0 Å². The summed E-state index contributed by atoms with van der Waals surface area (Å²) < 4.78 is 0. The Labute approximate surface area is 122 Å². The average Bonchev–Trinajstić information content (AvgIpc) is 2.88. The fraction of sp³-hybridized carbons (Fsp3) is 0.200. The average molecular weight is 287 g/mol. The van der Waals surface area contributed by atoms with Crippen LogP contribution in [0.1, 0.15) is 12.5 Å². The Kier molecular flexibility index (Phi) is 3.56. The van der Waals surface area contributed by atoms with Gasteiger partial charge in [0, 0.05) is 30.0 Å². The van der Waals surface area contributed by atoms with Gasteiger partial charge in [-0.3, -0.25) is 4.98 Å². The van der Waals surface area contributed by atoms with E-state index in [1.165, 1.54) is 5.56 Å². The third kappa shape index (κ3) is 2.75. The zero-order valence-electron chi connectivity index (χ0n) is 11.1. The molecule has 3 rings (SSSR count). The molecule has 5 heteroatoms. The van der Waals surface area contributed by atoms with Crippen molar-refractivity contribution < 1.29 is 0 Å². The van der Waals surface area contributed by atoms with E-state index in [4.69, 9.17) is 11.6 Å². The number of rotatable bonds is 4. The second-order valence-corrected chi connectivity index (χ2v) is 5.24. The van der Waals surface area contributed by atoms with Crippen LogP contribution >= 0.6 is 11.6 Å². The minimum absolute atomic E-state index is 0.258. The van der Waals surface area contributed by atoms with Crippen molar-refractivity contribution in [3.8, 4) is 0 Å². The van der Waals surface area contributed by atoms with Crippen molar-refractivity contribution >= 4 is 28.5 Å². The lowest BCUT2D eigenvalue weighted by atomic mass is 10.1. The second-order valence-electron chi connectivity index (χ2n) is 4.83. The molecule has 0 aliphatic carbocycles. The highest BCUT2D eigenvalue weighted by Gasteiger charge is 2.08. The van der Waals surface area contributed by atoms with Crippen molar-refractivity contribution in [3.05, 3.63) is 53.4 Å². The molecule has 0 aromatic carbocycles. The molecule has 3 aromatic heterocycles. The molecule has 102 valence electrons. The summed E-state index contributed by atoms with van der Waals surface area (Å²) in [5.41, 5.74) is 2.04. The molecule has 3 heterocycles. The zero-order chi connectivity index (χ0) is 13.9. The summed E-state index contributed by atoms with van der Waals surface area (Å²) in [5, 5.41) is 5.02. The smallest absolute Gasteiger partial charge is 0.141 e. The molecule has 0 saturated heterocycles. The summed E-state index contributed by atoms with van der Waals surface area (Å²) in [6.45, 7) is 2.12. The predicted octanol–water partition coefficient (Wildman–Crippen LogP) is 3.65. The number of hydrogen-bond acceptors (Lipinski definition) is 3. The monoisotopic (exact) mass is 286 g/mol. The Balaban J connectivity index is 1.75. The first-order valence-electron chi connectivity index (χ1n) is 6.51. The summed E-state index contributed by atoms with van der Waals surface area (Å²) in [7, 11) is 0. The van der Waals surface area contributed by atoms with Gasteiger partial charge in [-0.1, -0.05) is 11.6 Å². The van der Waals surface area contributed by atoms with Gasteiger partial charge < -0.3 is 10.3 Å². The van der Waals surface area contributed by atoms with E-state index in [9.17, 15) is 0 Å². The molecular formula is C15H15ClN4. The molecule has 0 radical (unpaired) electrons. The fourth-order valence-electron chi connectivity index (χ4n) is 2.25. The molecule has 0 bridgehead atoms. The maximum Gasteiger partial charge on any atom is 0.141 e. The van der Waals surface area contributed by atoms with Crippen molar-refractivity contribution in [3.63, 3.8) is 0 Å². The van der Waals surface area contributed by atoms with Crippen LogP contribution < -0.4 is 5.32 Å². The topological polar surface area (TPSA) is 53.6 Å². The summed E-state index contributed by atoms with van der Waals surface area (Å²) in [6.07, 6.45) is 6.36. The molecule has 1 atom stereocenters. The molecule has 0 aliphatic heterocycles. The number of nitrogens with one attached hydrogen (secondary N) is 2. The third-order valence-corrected chi connectivity index (χ3v) is 3.48. The Hall–Kier alpha value is -2.07. The van der Waals surface area contributed by atoms with Crippen LogP contribution in [0.4, 0.5) is 5.82 Å². The molecule has 0 aliphatic rings. The van der Waals surface area contributed by atoms with Gasteiger partial charge in [0.25, 0.3) is 0 Å². The van der Waals surface area contributed by atoms with E-state index in [1.807, 2.05) is 42.9 Å². The van der Waals surface area contributed by atoms with Gasteiger partial charge in [-0.15, -0.1) is 0 Å². The number of pyridine rings is 2. The van der Waals surface area contributed by atoms with Crippen molar-refractivity contribution in [1.82, 2.24) is 15.0 Å². The number of nitrogens with zero attached hydrogens (tertiary/aromatic N) is 2.